The van der Waals surface area contributed by atoms with Crippen molar-refractivity contribution in [2.24, 2.45) is 11.8 Å². The lowest BCUT2D eigenvalue weighted by Crippen LogP contribution is -2.34. The highest BCUT2D eigenvalue weighted by Crippen LogP contribution is 2.38. The summed E-state index contributed by atoms with van der Waals surface area (Å²) < 4.78 is 78.6. The lowest BCUT2D eigenvalue weighted by atomic mass is 9.96. The Morgan fingerprint density at radius 1 is 1.09 bits per heavy atom. The van der Waals surface area contributed by atoms with Crippen molar-refractivity contribution in [2.75, 3.05) is 13.1 Å². The minimum absolute atomic E-state index is 0.359. The highest BCUT2D eigenvalue weighted by molar-refractivity contribution is 5.95. The van der Waals surface area contributed by atoms with Crippen LogP contribution >= 0.6 is 0 Å². The standard InChI is InChI=1S/C13H9F6NO3/c14-7-1-2-8(15)10(16)9(7)11(21)20-3-5(12(22)23)6(4-20)13(17,18)19/h1-2,5-6H,3-4H2,(H,22,23)/t5-,6-/m1/s1. The van der Waals surface area contributed by atoms with E-state index in [-0.39, 0.29) is 0 Å². The van der Waals surface area contributed by atoms with E-state index in [1.54, 1.807) is 0 Å². The lowest BCUT2D eigenvalue weighted by molar-refractivity contribution is -0.187. The van der Waals surface area contributed by atoms with Gasteiger partial charge in [0.05, 0.1) is 11.8 Å². The molecule has 0 aromatic heterocycles. The number of carboxylic acids is 1. The molecule has 1 aromatic rings. The summed E-state index contributed by atoms with van der Waals surface area (Å²) in [5.41, 5.74) is -1.35. The molecule has 2 atom stereocenters. The van der Waals surface area contributed by atoms with Crippen LogP contribution in [0.25, 0.3) is 0 Å². The van der Waals surface area contributed by atoms with E-state index in [1.165, 1.54) is 0 Å². The van der Waals surface area contributed by atoms with E-state index in [2.05, 4.69) is 0 Å². The number of benzene rings is 1. The maximum absolute atomic E-state index is 13.6. The Hall–Kier alpha value is -2.26. The van der Waals surface area contributed by atoms with E-state index >= 15 is 0 Å². The van der Waals surface area contributed by atoms with Gasteiger partial charge in [-0.3, -0.25) is 9.59 Å². The van der Waals surface area contributed by atoms with Crippen molar-refractivity contribution in [2.45, 2.75) is 6.18 Å². The van der Waals surface area contributed by atoms with Crippen LogP contribution in [0, 0.1) is 29.3 Å². The van der Waals surface area contributed by atoms with Gasteiger partial charge in [0.1, 0.15) is 11.4 Å². The predicted molar refractivity (Wildman–Crippen MR) is 62.9 cm³/mol. The van der Waals surface area contributed by atoms with Gasteiger partial charge in [-0.1, -0.05) is 0 Å². The minimum atomic E-state index is -4.91. The number of carbonyl (C=O) groups is 2. The Morgan fingerprint density at radius 2 is 1.65 bits per heavy atom. The van der Waals surface area contributed by atoms with Gasteiger partial charge in [-0.2, -0.15) is 13.2 Å². The number of hydrogen-bond donors (Lipinski definition) is 1. The van der Waals surface area contributed by atoms with Crippen molar-refractivity contribution in [1.29, 1.82) is 0 Å². The van der Waals surface area contributed by atoms with Crippen LogP contribution in [0.15, 0.2) is 12.1 Å². The number of alkyl halides is 3. The van der Waals surface area contributed by atoms with Crippen LogP contribution in [0.1, 0.15) is 10.4 Å². The van der Waals surface area contributed by atoms with Crippen molar-refractivity contribution in [3.63, 3.8) is 0 Å². The number of halogens is 6. The van der Waals surface area contributed by atoms with Crippen molar-refractivity contribution in [1.82, 2.24) is 4.90 Å². The Labute approximate surface area is 125 Å². The fourth-order valence-electron chi connectivity index (χ4n) is 2.43. The summed E-state index contributed by atoms with van der Waals surface area (Å²) in [7, 11) is 0. The summed E-state index contributed by atoms with van der Waals surface area (Å²) in [6.07, 6.45) is -4.91. The molecule has 10 heteroatoms. The Kier molecular flexibility index (Phi) is 4.27. The van der Waals surface area contributed by atoms with Crippen molar-refractivity contribution in [3.8, 4) is 0 Å². The molecule has 1 amide bonds. The molecule has 0 radical (unpaired) electrons. The quantitative estimate of drug-likeness (QED) is 0.664. The molecule has 2 rings (SSSR count). The summed E-state index contributed by atoms with van der Waals surface area (Å²) in [4.78, 5) is 23.3. The molecule has 1 saturated heterocycles. The SMILES string of the molecule is O=C(O)[C@@H]1CN(C(=O)c2c(F)ccc(F)c2F)C[C@H]1C(F)(F)F. The molecule has 1 aliphatic heterocycles. The van der Waals surface area contributed by atoms with Gasteiger partial charge in [0.2, 0.25) is 0 Å². The van der Waals surface area contributed by atoms with E-state index in [9.17, 15) is 35.9 Å². The molecule has 1 aliphatic rings. The second-order valence-electron chi connectivity index (χ2n) is 5.02. The van der Waals surface area contributed by atoms with Crippen molar-refractivity contribution < 1.29 is 41.0 Å². The zero-order valence-corrected chi connectivity index (χ0v) is 11.2. The van der Waals surface area contributed by atoms with E-state index in [4.69, 9.17) is 5.11 Å². The molecule has 23 heavy (non-hydrogen) atoms. The van der Waals surface area contributed by atoms with Gasteiger partial charge in [0, 0.05) is 13.1 Å². The van der Waals surface area contributed by atoms with Gasteiger partial charge in [-0.05, 0) is 12.1 Å². The number of nitrogens with zero attached hydrogens (tertiary/aromatic N) is 1. The van der Waals surface area contributed by atoms with Crippen molar-refractivity contribution >= 4 is 11.9 Å². The predicted octanol–water partition coefficient (Wildman–Crippen LogP) is 2.44. The molecule has 0 saturated carbocycles. The normalized spacial score (nSPS) is 21.6. The lowest BCUT2D eigenvalue weighted by Gasteiger charge is -2.18. The van der Waals surface area contributed by atoms with Gasteiger partial charge in [-0.25, -0.2) is 13.2 Å². The maximum atomic E-state index is 13.6. The summed E-state index contributed by atoms with van der Waals surface area (Å²) in [5.74, 6) is -12.5. The fourth-order valence-corrected chi connectivity index (χ4v) is 2.43. The zero-order valence-electron chi connectivity index (χ0n) is 11.2. The minimum Gasteiger partial charge on any atom is -0.481 e. The molecular weight excluding hydrogens is 332 g/mol. The van der Waals surface area contributed by atoms with Crippen LogP contribution in [-0.4, -0.2) is 41.1 Å². The summed E-state index contributed by atoms with van der Waals surface area (Å²) in [6.45, 7) is -1.96. The molecular formula is C13H9F6NO3. The molecule has 0 spiro atoms. The Balaban J connectivity index is 2.35. The summed E-state index contributed by atoms with van der Waals surface area (Å²) in [5, 5.41) is 8.82. The van der Waals surface area contributed by atoms with Crippen molar-refractivity contribution in [3.05, 3.63) is 35.1 Å². The Morgan fingerprint density at radius 3 is 2.13 bits per heavy atom. The van der Waals surface area contributed by atoms with Gasteiger partial charge in [-0.15, -0.1) is 0 Å². The first-order valence-electron chi connectivity index (χ1n) is 6.26. The number of aliphatic carboxylic acids is 1. The smallest absolute Gasteiger partial charge is 0.394 e. The monoisotopic (exact) mass is 341 g/mol. The van der Waals surface area contributed by atoms with E-state index < -0.39 is 66.0 Å². The molecule has 0 bridgehead atoms. The molecule has 1 heterocycles. The van der Waals surface area contributed by atoms with E-state index in [1.807, 2.05) is 0 Å². The van der Waals surface area contributed by atoms with Gasteiger partial charge in [0.15, 0.2) is 11.6 Å². The van der Waals surface area contributed by atoms with E-state index in [0.717, 1.165) is 0 Å². The average molecular weight is 341 g/mol. The number of amides is 1. The van der Waals surface area contributed by atoms with Crippen LogP contribution in [0.3, 0.4) is 0 Å². The molecule has 1 aromatic carbocycles. The second-order valence-corrected chi connectivity index (χ2v) is 5.02. The summed E-state index contributed by atoms with van der Waals surface area (Å²) >= 11 is 0. The third-order valence-corrected chi connectivity index (χ3v) is 3.60. The highest BCUT2D eigenvalue weighted by Gasteiger charge is 2.53. The van der Waals surface area contributed by atoms with Gasteiger partial charge in [0.25, 0.3) is 5.91 Å². The third-order valence-electron chi connectivity index (χ3n) is 3.60. The number of carbonyl (C=O) groups excluding carboxylic acids is 1. The zero-order chi connectivity index (χ0) is 17.5. The Bertz CT molecular complexity index is 660. The molecule has 0 aliphatic carbocycles. The van der Waals surface area contributed by atoms with E-state index in [0.29, 0.717) is 17.0 Å². The molecule has 4 nitrogen and oxygen atoms in total. The first-order valence-corrected chi connectivity index (χ1v) is 6.26. The summed E-state index contributed by atoms with van der Waals surface area (Å²) in [6, 6.07) is 0.877. The number of rotatable bonds is 2. The van der Waals surface area contributed by atoms with Crippen LogP contribution in [0.2, 0.25) is 0 Å². The number of likely N-dealkylation sites (tertiary alicyclic amines) is 1. The van der Waals surface area contributed by atoms with Crippen LogP contribution in [0.4, 0.5) is 26.3 Å². The molecule has 1 fully saturated rings. The first kappa shape index (κ1) is 17.1. The van der Waals surface area contributed by atoms with Crippen LogP contribution < -0.4 is 0 Å². The van der Waals surface area contributed by atoms with Crippen LogP contribution in [0.5, 0.6) is 0 Å². The first-order chi connectivity index (χ1) is 10.5. The molecule has 0 unspecified atom stereocenters. The fraction of sp³-hybridized carbons (Fsp3) is 0.385. The number of carboxylic acid groups (broad SMARTS) is 1. The topological polar surface area (TPSA) is 57.6 Å². The van der Waals surface area contributed by atoms with Gasteiger partial charge >= 0.3 is 12.1 Å². The highest BCUT2D eigenvalue weighted by atomic mass is 19.4. The molecule has 126 valence electrons. The maximum Gasteiger partial charge on any atom is 0.394 e. The largest absolute Gasteiger partial charge is 0.481 e. The average Bonchev–Trinajstić information content (AvgIpc) is 2.88. The van der Waals surface area contributed by atoms with Gasteiger partial charge < -0.3 is 10.0 Å². The second kappa shape index (κ2) is 5.74. The molecule has 1 N–H and O–H groups in total. The van der Waals surface area contributed by atoms with Crippen LogP contribution in [-0.2, 0) is 4.79 Å². The third kappa shape index (κ3) is 3.10. The number of hydrogen-bond acceptors (Lipinski definition) is 2.